The number of aliphatic hydroxyl groups excluding tert-OH is 2. The normalized spacial score (nSPS) is 27.2. The van der Waals surface area contributed by atoms with Crippen LogP contribution in [0.1, 0.15) is 45.5 Å². The molecule has 138 valence electrons. The van der Waals surface area contributed by atoms with E-state index in [1.807, 2.05) is 37.3 Å². The molecule has 4 nitrogen and oxygen atoms in total. The van der Waals surface area contributed by atoms with Gasteiger partial charge in [-0.25, -0.2) is 0 Å². The lowest BCUT2D eigenvalue weighted by Crippen LogP contribution is -2.52. The van der Waals surface area contributed by atoms with Crippen LogP contribution in [0.15, 0.2) is 54.6 Å². The molecule has 0 spiro atoms. The van der Waals surface area contributed by atoms with Crippen LogP contribution in [0.3, 0.4) is 0 Å². The average molecular weight is 346 g/mol. The lowest BCUT2D eigenvalue weighted by Gasteiger charge is -2.42. The van der Waals surface area contributed by atoms with E-state index >= 15 is 0 Å². The summed E-state index contributed by atoms with van der Waals surface area (Å²) in [7, 11) is 0. The third kappa shape index (κ3) is 5.02. The van der Waals surface area contributed by atoms with Crippen LogP contribution in [0.4, 0.5) is 0 Å². The average Bonchev–Trinajstić information content (AvgIpc) is 2.61. The molecular formula is C21H30O4. The van der Waals surface area contributed by atoms with Crippen molar-refractivity contribution in [2.24, 2.45) is 5.41 Å². The molecule has 1 aliphatic heterocycles. The zero-order chi connectivity index (χ0) is 18.4. The fourth-order valence-corrected chi connectivity index (χ4v) is 3.04. The van der Waals surface area contributed by atoms with Gasteiger partial charge in [0.15, 0.2) is 6.29 Å². The topological polar surface area (TPSA) is 58.9 Å². The minimum atomic E-state index is -0.877. The fraction of sp³-hybridized carbons (Fsp3) is 0.524. The smallest absolute Gasteiger partial charge is 0.184 e. The van der Waals surface area contributed by atoms with Crippen molar-refractivity contribution in [3.63, 3.8) is 0 Å². The Kier molecular flexibility index (Phi) is 6.96. The van der Waals surface area contributed by atoms with Crippen molar-refractivity contribution in [1.29, 1.82) is 0 Å². The zero-order valence-electron chi connectivity index (χ0n) is 15.4. The summed E-state index contributed by atoms with van der Waals surface area (Å²) < 4.78 is 11.5. The van der Waals surface area contributed by atoms with Gasteiger partial charge in [0.25, 0.3) is 0 Å². The maximum Gasteiger partial charge on any atom is 0.184 e. The van der Waals surface area contributed by atoms with Crippen LogP contribution in [-0.2, 0) is 9.47 Å². The Morgan fingerprint density at radius 1 is 1.36 bits per heavy atom. The molecule has 2 N–H and O–H groups in total. The Hall–Kier alpha value is -1.46. The van der Waals surface area contributed by atoms with Crippen molar-refractivity contribution in [1.82, 2.24) is 0 Å². The maximum atomic E-state index is 11.0. The number of allylic oxidation sites excluding steroid dienone is 2. The highest BCUT2D eigenvalue weighted by molar-refractivity contribution is 5.16. The van der Waals surface area contributed by atoms with Gasteiger partial charge in [-0.2, -0.15) is 0 Å². The summed E-state index contributed by atoms with van der Waals surface area (Å²) in [6.45, 7) is 10.1. The Morgan fingerprint density at radius 2 is 2.04 bits per heavy atom. The SMILES string of the molecule is C=C[C@@](C)(CCC=C(C)C)[C@@H](O)[C@H]1O[C@@H](c2ccccc2)OC[C@H]1O. The molecule has 1 aliphatic rings. The van der Waals surface area contributed by atoms with E-state index in [1.165, 1.54) is 5.57 Å². The number of hydrogen-bond acceptors (Lipinski definition) is 4. The number of benzene rings is 1. The first-order valence-electron chi connectivity index (χ1n) is 8.82. The maximum absolute atomic E-state index is 11.0. The van der Waals surface area contributed by atoms with Gasteiger partial charge in [-0.3, -0.25) is 0 Å². The van der Waals surface area contributed by atoms with E-state index in [0.29, 0.717) is 0 Å². The zero-order valence-corrected chi connectivity index (χ0v) is 15.4. The van der Waals surface area contributed by atoms with Crippen LogP contribution in [0.2, 0.25) is 0 Å². The third-order valence-electron chi connectivity index (χ3n) is 4.84. The molecule has 0 amide bonds. The molecule has 0 aromatic heterocycles. The molecular weight excluding hydrogens is 316 g/mol. The minimum Gasteiger partial charge on any atom is -0.389 e. The molecule has 1 saturated heterocycles. The molecule has 0 saturated carbocycles. The van der Waals surface area contributed by atoms with Crippen molar-refractivity contribution in [2.75, 3.05) is 6.61 Å². The van der Waals surface area contributed by atoms with Gasteiger partial charge in [0.2, 0.25) is 0 Å². The summed E-state index contributed by atoms with van der Waals surface area (Å²) in [5, 5.41) is 21.3. The lowest BCUT2D eigenvalue weighted by atomic mass is 9.76. The quantitative estimate of drug-likeness (QED) is 0.738. The summed E-state index contributed by atoms with van der Waals surface area (Å²) in [6, 6.07) is 9.56. The number of hydrogen-bond donors (Lipinski definition) is 2. The van der Waals surface area contributed by atoms with E-state index in [1.54, 1.807) is 6.08 Å². The Morgan fingerprint density at radius 3 is 2.64 bits per heavy atom. The Bertz CT molecular complexity index is 579. The first kappa shape index (κ1) is 19.9. The molecule has 2 rings (SSSR count). The van der Waals surface area contributed by atoms with Gasteiger partial charge in [-0.15, -0.1) is 6.58 Å². The van der Waals surface area contributed by atoms with Crippen molar-refractivity contribution < 1.29 is 19.7 Å². The summed E-state index contributed by atoms with van der Waals surface area (Å²) in [4.78, 5) is 0. The first-order valence-corrected chi connectivity index (χ1v) is 8.82. The number of rotatable bonds is 7. The van der Waals surface area contributed by atoms with E-state index in [9.17, 15) is 10.2 Å². The van der Waals surface area contributed by atoms with E-state index in [-0.39, 0.29) is 6.61 Å². The molecule has 1 fully saturated rings. The highest BCUT2D eigenvalue weighted by Crippen LogP contribution is 2.37. The third-order valence-corrected chi connectivity index (χ3v) is 4.84. The van der Waals surface area contributed by atoms with Gasteiger partial charge >= 0.3 is 0 Å². The van der Waals surface area contributed by atoms with E-state index in [4.69, 9.17) is 9.47 Å². The predicted molar refractivity (Wildman–Crippen MR) is 99.0 cm³/mol. The van der Waals surface area contributed by atoms with Crippen LogP contribution in [0, 0.1) is 5.41 Å². The number of ether oxygens (including phenoxy) is 2. The second-order valence-electron chi connectivity index (χ2n) is 7.22. The highest BCUT2D eigenvalue weighted by Gasteiger charge is 2.43. The van der Waals surface area contributed by atoms with Crippen molar-refractivity contribution >= 4 is 0 Å². The Balaban J connectivity index is 2.12. The highest BCUT2D eigenvalue weighted by atomic mass is 16.7. The van der Waals surface area contributed by atoms with Crippen molar-refractivity contribution in [3.8, 4) is 0 Å². The molecule has 4 heteroatoms. The monoisotopic (exact) mass is 346 g/mol. The number of aliphatic hydroxyl groups is 2. The van der Waals surface area contributed by atoms with Crippen LogP contribution in [-0.4, -0.2) is 35.1 Å². The predicted octanol–water partition coefficient (Wildman–Crippen LogP) is 3.76. The van der Waals surface area contributed by atoms with Gasteiger partial charge in [0.1, 0.15) is 12.2 Å². The standard InChI is InChI=1S/C21H30O4/c1-5-21(4,13-9-10-15(2)3)19(23)18-17(22)14-24-20(25-18)16-11-7-6-8-12-16/h5-8,10-12,17-20,22-23H,1,9,13-14H2,2-4H3/t17-,18+,19+,20+,21+/m1/s1. The van der Waals surface area contributed by atoms with Crippen LogP contribution < -0.4 is 0 Å². The summed E-state index contributed by atoms with van der Waals surface area (Å²) in [6.07, 6.45) is 2.40. The molecule has 25 heavy (non-hydrogen) atoms. The van der Waals surface area contributed by atoms with E-state index < -0.39 is 30.0 Å². The molecule has 0 bridgehead atoms. The second kappa shape index (κ2) is 8.77. The van der Waals surface area contributed by atoms with Gasteiger partial charge in [0, 0.05) is 11.0 Å². The molecule has 5 atom stereocenters. The van der Waals surface area contributed by atoms with Gasteiger partial charge < -0.3 is 19.7 Å². The van der Waals surface area contributed by atoms with Crippen molar-refractivity contribution in [2.45, 2.75) is 58.2 Å². The van der Waals surface area contributed by atoms with Gasteiger partial charge in [0.05, 0.1) is 12.7 Å². The summed E-state index contributed by atoms with van der Waals surface area (Å²) in [5.74, 6) is 0. The van der Waals surface area contributed by atoms with E-state index in [0.717, 1.165) is 18.4 Å². The molecule has 1 aromatic carbocycles. The molecule has 0 unspecified atom stereocenters. The van der Waals surface area contributed by atoms with Crippen molar-refractivity contribution in [3.05, 3.63) is 60.2 Å². The van der Waals surface area contributed by atoms with E-state index in [2.05, 4.69) is 26.5 Å². The fourth-order valence-electron chi connectivity index (χ4n) is 3.04. The van der Waals surface area contributed by atoms with Crippen LogP contribution >= 0.6 is 0 Å². The summed E-state index contributed by atoms with van der Waals surface area (Å²) in [5.41, 5.74) is 1.56. The molecule has 1 aromatic rings. The van der Waals surface area contributed by atoms with Crippen LogP contribution in [0.5, 0.6) is 0 Å². The molecule has 1 heterocycles. The lowest BCUT2D eigenvalue weighted by molar-refractivity contribution is -0.283. The Labute approximate surface area is 150 Å². The minimum absolute atomic E-state index is 0.127. The van der Waals surface area contributed by atoms with Gasteiger partial charge in [-0.05, 0) is 26.7 Å². The first-order chi connectivity index (χ1) is 11.9. The largest absolute Gasteiger partial charge is 0.389 e. The van der Waals surface area contributed by atoms with Gasteiger partial charge in [-0.1, -0.05) is 55.0 Å². The van der Waals surface area contributed by atoms with Crippen LogP contribution in [0.25, 0.3) is 0 Å². The molecule has 0 aliphatic carbocycles. The summed E-state index contributed by atoms with van der Waals surface area (Å²) >= 11 is 0. The molecule has 0 radical (unpaired) electrons. The second-order valence-corrected chi connectivity index (χ2v) is 7.22.